The SMILES string of the molecule is Cc1ccc(N(CC(=O)N(Cc2ccccc2)C(Cc2ccccc2)C(=O)NCC(C)C)S(=O)(=O)c2ccccc2)c(C)c1. The second kappa shape index (κ2) is 14.8. The summed E-state index contributed by atoms with van der Waals surface area (Å²) in [6, 6.07) is 31.7. The van der Waals surface area contributed by atoms with Gasteiger partial charge in [-0.05, 0) is 54.7 Å². The molecule has 0 saturated heterocycles. The summed E-state index contributed by atoms with van der Waals surface area (Å²) in [6.45, 7) is 7.90. The van der Waals surface area contributed by atoms with Crippen molar-refractivity contribution in [2.75, 3.05) is 17.4 Å². The topological polar surface area (TPSA) is 86.8 Å². The number of anilines is 1. The third-order valence-electron chi connectivity index (χ3n) is 7.38. The number of amides is 2. The molecular formula is C36H41N3O4S. The molecule has 0 aliphatic carbocycles. The highest BCUT2D eigenvalue weighted by Gasteiger charge is 2.35. The largest absolute Gasteiger partial charge is 0.354 e. The molecular weight excluding hydrogens is 570 g/mol. The van der Waals surface area contributed by atoms with Gasteiger partial charge in [0.1, 0.15) is 12.6 Å². The van der Waals surface area contributed by atoms with Gasteiger partial charge in [0, 0.05) is 19.5 Å². The Labute approximate surface area is 261 Å². The number of nitrogens with one attached hydrogen (secondary N) is 1. The van der Waals surface area contributed by atoms with Gasteiger partial charge in [0.15, 0.2) is 0 Å². The van der Waals surface area contributed by atoms with Crippen LogP contribution in [0.1, 0.15) is 36.1 Å². The van der Waals surface area contributed by atoms with Crippen LogP contribution in [0.5, 0.6) is 0 Å². The molecule has 0 aliphatic heterocycles. The summed E-state index contributed by atoms with van der Waals surface area (Å²) in [7, 11) is -4.13. The fourth-order valence-electron chi connectivity index (χ4n) is 5.07. The quantitative estimate of drug-likeness (QED) is 0.204. The van der Waals surface area contributed by atoms with E-state index in [0.717, 1.165) is 22.3 Å². The van der Waals surface area contributed by atoms with Crippen LogP contribution in [0.4, 0.5) is 5.69 Å². The van der Waals surface area contributed by atoms with Crippen molar-refractivity contribution in [1.82, 2.24) is 10.2 Å². The fourth-order valence-corrected chi connectivity index (χ4v) is 6.57. The van der Waals surface area contributed by atoms with Crippen molar-refractivity contribution in [2.45, 2.75) is 51.6 Å². The summed E-state index contributed by atoms with van der Waals surface area (Å²) in [6.07, 6.45) is 0.276. The van der Waals surface area contributed by atoms with Crippen LogP contribution in [-0.2, 0) is 32.6 Å². The smallest absolute Gasteiger partial charge is 0.264 e. The fraction of sp³-hybridized carbons (Fsp3) is 0.278. The maximum absolute atomic E-state index is 14.5. The Morgan fingerprint density at radius 1 is 0.773 bits per heavy atom. The van der Waals surface area contributed by atoms with E-state index in [4.69, 9.17) is 0 Å². The van der Waals surface area contributed by atoms with Gasteiger partial charge >= 0.3 is 0 Å². The molecule has 4 rings (SSSR count). The van der Waals surface area contributed by atoms with Crippen molar-refractivity contribution in [3.63, 3.8) is 0 Å². The number of benzene rings is 4. The molecule has 0 fully saturated rings. The van der Waals surface area contributed by atoms with Crippen LogP contribution >= 0.6 is 0 Å². The van der Waals surface area contributed by atoms with Gasteiger partial charge in [0.05, 0.1) is 10.6 Å². The Balaban J connectivity index is 1.80. The van der Waals surface area contributed by atoms with Gasteiger partial charge in [0.25, 0.3) is 10.0 Å². The predicted molar refractivity (Wildman–Crippen MR) is 176 cm³/mol. The minimum absolute atomic E-state index is 0.0814. The first kappa shape index (κ1) is 32.5. The van der Waals surface area contributed by atoms with Crippen LogP contribution in [0.3, 0.4) is 0 Å². The van der Waals surface area contributed by atoms with Crippen LogP contribution in [0, 0.1) is 19.8 Å². The van der Waals surface area contributed by atoms with Gasteiger partial charge in [-0.3, -0.25) is 13.9 Å². The average Bonchev–Trinajstić information content (AvgIpc) is 3.02. The number of sulfonamides is 1. The molecule has 1 N–H and O–H groups in total. The van der Waals surface area contributed by atoms with Crippen molar-refractivity contribution in [2.24, 2.45) is 5.92 Å². The van der Waals surface area contributed by atoms with Gasteiger partial charge < -0.3 is 10.2 Å². The molecule has 0 aromatic heterocycles. The lowest BCUT2D eigenvalue weighted by molar-refractivity contribution is -0.140. The van der Waals surface area contributed by atoms with Crippen molar-refractivity contribution in [1.29, 1.82) is 0 Å². The number of hydrogen-bond acceptors (Lipinski definition) is 4. The number of aryl methyl sites for hydroxylation is 2. The number of rotatable bonds is 13. The molecule has 4 aromatic carbocycles. The zero-order valence-electron chi connectivity index (χ0n) is 25.8. The van der Waals surface area contributed by atoms with Crippen LogP contribution in [-0.4, -0.2) is 44.3 Å². The zero-order valence-corrected chi connectivity index (χ0v) is 26.6. The van der Waals surface area contributed by atoms with Gasteiger partial charge in [0.2, 0.25) is 11.8 Å². The second-order valence-electron chi connectivity index (χ2n) is 11.5. The highest BCUT2D eigenvalue weighted by atomic mass is 32.2. The second-order valence-corrected chi connectivity index (χ2v) is 13.3. The molecule has 1 atom stereocenters. The summed E-state index contributed by atoms with van der Waals surface area (Å²) >= 11 is 0. The molecule has 230 valence electrons. The minimum atomic E-state index is -4.13. The first-order valence-corrected chi connectivity index (χ1v) is 16.3. The average molecular weight is 612 g/mol. The van der Waals surface area contributed by atoms with E-state index in [1.54, 1.807) is 24.3 Å². The van der Waals surface area contributed by atoms with Crippen molar-refractivity contribution in [3.8, 4) is 0 Å². The molecule has 0 radical (unpaired) electrons. The Morgan fingerprint density at radius 2 is 1.34 bits per heavy atom. The monoisotopic (exact) mass is 611 g/mol. The summed E-state index contributed by atoms with van der Waals surface area (Å²) in [4.78, 5) is 29.9. The normalized spacial score (nSPS) is 12.0. The number of nitrogens with zero attached hydrogens (tertiary/aromatic N) is 2. The summed E-state index contributed by atoms with van der Waals surface area (Å²) < 4.78 is 29.4. The molecule has 0 saturated carbocycles. The van der Waals surface area contributed by atoms with E-state index in [-0.39, 0.29) is 29.7 Å². The summed E-state index contributed by atoms with van der Waals surface area (Å²) in [5.41, 5.74) is 3.84. The maximum Gasteiger partial charge on any atom is 0.264 e. The molecule has 44 heavy (non-hydrogen) atoms. The van der Waals surface area contributed by atoms with Crippen LogP contribution < -0.4 is 9.62 Å². The molecule has 0 bridgehead atoms. The summed E-state index contributed by atoms with van der Waals surface area (Å²) in [5.74, 6) is -0.546. The predicted octanol–water partition coefficient (Wildman–Crippen LogP) is 5.91. The third-order valence-corrected chi connectivity index (χ3v) is 9.16. The Bertz CT molecular complexity index is 1640. The molecule has 8 heteroatoms. The number of carbonyl (C=O) groups excluding carboxylic acids is 2. The lowest BCUT2D eigenvalue weighted by atomic mass is 10.0. The minimum Gasteiger partial charge on any atom is -0.354 e. The van der Waals surface area contributed by atoms with E-state index in [0.29, 0.717) is 12.2 Å². The van der Waals surface area contributed by atoms with E-state index in [2.05, 4.69) is 5.32 Å². The molecule has 0 aliphatic rings. The molecule has 0 spiro atoms. The van der Waals surface area contributed by atoms with Gasteiger partial charge in [-0.25, -0.2) is 8.42 Å². The third kappa shape index (κ3) is 8.35. The van der Waals surface area contributed by atoms with E-state index in [1.165, 1.54) is 21.3 Å². The van der Waals surface area contributed by atoms with Crippen molar-refractivity contribution >= 4 is 27.5 Å². The first-order valence-electron chi connectivity index (χ1n) is 14.9. The van der Waals surface area contributed by atoms with Crippen LogP contribution in [0.2, 0.25) is 0 Å². The van der Waals surface area contributed by atoms with Gasteiger partial charge in [-0.1, -0.05) is 110 Å². The molecule has 7 nitrogen and oxygen atoms in total. The van der Waals surface area contributed by atoms with E-state index < -0.39 is 28.5 Å². The molecule has 1 unspecified atom stereocenters. The Morgan fingerprint density at radius 3 is 1.91 bits per heavy atom. The van der Waals surface area contributed by atoms with Crippen molar-refractivity contribution < 1.29 is 18.0 Å². The standard InChI is InChI=1S/C36H41N3O4S/c1-27(2)24-37-36(41)34(23-30-14-8-5-9-15-30)38(25-31-16-10-6-11-17-31)35(40)26-39(33-21-20-28(3)22-29(33)4)44(42,43)32-18-12-7-13-19-32/h5-22,27,34H,23-26H2,1-4H3,(H,37,41). The van der Waals surface area contributed by atoms with E-state index in [9.17, 15) is 18.0 Å². The van der Waals surface area contributed by atoms with Crippen LogP contribution in [0.25, 0.3) is 0 Å². The van der Waals surface area contributed by atoms with E-state index >= 15 is 0 Å². The zero-order chi connectivity index (χ0) is 31.7. The maximum atomic E-state index is 14.5. The number of hydrogen-bond donors (Lipinski definition) is 1. The van der Waals surface area contributed by atoms with Gasteiger partial charge in [-0.2, -0.15) is 0 Å². The first-order chi connectivity index (χ1) is 21.1. The number of carbonyl (C=O) groups is 2. The van der Waals surface area contributed by atoms with Gasteiger partial charge in [-0.15, -0.1) is 0 Å². The summed E-state index contributed by atoms with van der Waals surface area (Å²) in [5, 5.41) is 3.02. The van der Waals surface area contributed by atoms with Crippen molar-refractivity contribution in [3.05, 3.63) is 131 Å². The molecule has 4 aromatic rings. The van der Waals surface area contributed by atoms with E-state index in [1.807, 2.05) is 100 Å². The lowest BCUT2D eigenvalue weighted by Gasteiger charge is -2.34. The highest BCUT2D eigenvalue weighted by Crippen LogP contribution is 2.28. The highest BCUT2D eigenvalue weighted by molar-refractivity contribution is 7.92. The Kier molecular flexibility index (Phi) is 11.0. The molecule has 0 heterocycles. The lowest BCUT2D eigenvalue weighted by Crippen LogP contribution is -2.53. The van der Waals surface area contributed by atoms with Crippen LogP contribution in [0.15, 0.2) is 114 Å². The Hall–Kier alpha value is -4.43. The molecule has 2 amide bonds.